The van der Waals surface area contributed by atoms with Gasteiger partial charge in [-0.2, -0.15) is 0 Å². The minimum Gasteiger partial charge on any atom is -0.320 e. The van der Waals surface area contributed by atoms with Crippen molar-refractivity contribution in [1.82, 2.24) is 4.90 Å². The number of amides is 2. The number of hydrogen-bond acceptors (Lipinski definition) is 3. The van der Waals surface area contributed by atoms with Crippen LogP contribution in [0, 0.1) is 13.8 Å². The number of urea groups is 1. The molecule has 1 heterocycles. The fraction of sp³-hybridized carbons (Fsp3) is 0.240. The van der Waals surface area contributed by atoms with E-state index in [1.165, 1.54) is 35.4 Å². The number of benzene rings is 3. The molecule has 0 atom stereocenters. The van der Waals surface area contributed by atoms with Crippen molar-refractivity contribution in [3.05, 3.63) is 88.4 Å². The largest absolute Gasteiger partial charge is 0.324 e. The second kappa shape index (κ2) is 9.45. The van der Waals surface area contributed by atoms with Crippen LogP contribution in [0.3, 0.4) is 0 Å². The van der Waals surface area contributed by atoms with Crippen molar-refractivity contribution in [3.63, 3.8) is 0 Å². The van der Waals surface area contributed by atoms with Crippen LogP contribution in [0.4, 0.5) is 16.2 Å². The summed E-state index contributed by atoms with van der Waals surface area (Å²) < 4.78 is 28.1. The van der Waals surface area contributed by atoms with E-state index in [1.54, 1.807) is 23.1 Å². The molecule has 0 spiro atoms. The van der Waals surface area contributed by atoms with Crippen LogP contribution in [0.5, 0.6) is 0 Å². The average Bonchev–Trinajstić information content (AvgIpc) is 2.75. The zero-order chi connectivity index (χ0) is 23.6. The van der Waals surface area contributed by atoms with Gasteiger partial charge >= 0.3 is 6.03 Å². The van der Waals surface area contributed by atoms with Crippen LogP contribution >= 0.6 is 11.6 Å². The number of anilines is 2. The average molecular weight is 484 g/mol. The number of sulfonamides is 1. The van der Waals surface area contributed by atoms with Gasteiger partial charge in [0.15, 0.2) is 0 Å². The first kappa shape index (κ1) is 23.1. The quantitative estimate of drug-likeness (QED) is 0.496. The molecule has 1 aliphatic heterocycles. The maximum Gasteiger partial charge on any atom is 0.324 e. The smallest absolute Gasteiger partial charge is 0.320 e. The molecule has 1 N–H and O–H groups in total. The Labute approximate surface area is 199 Å². The predicted octanol–water partition coefficient (Wildman–Crippen LogP) is 5.59. The fourth-order valence-electron chi connectivity index (χ4n) is 4.11. The summed E-state index contributed by atoms with van der Waals surface area (Å²) in [4.78, 5) is 16.9. The molecule has 3 aromatic rings. The topological polar surface area (TPSA) is 69.7 Å². The zero-order valence-corrected chi connectivity index (χ0v) is 20.2. The van der Waals surface area contributed by atoms with Gasteiger partial charge in [-0.3, -0.25) is 9.62 Å². The van der Waals surface area contributed by atoms with E-state index in [0.717, 1.165) is 12.0 Å². The number of nitrogens with one attached hydrogen (secondary N) is 1. The molecule has 1 aliphatic rings. The Morgan fingerprint density at radius 2 is 1.64 bits per heavy atom. The molecule has 0 aliphatic carbocycles. The molecule has 1 fully saturated rings. The van der Waals surface area contributed by atoms with Crippen molar-refractivity contribution in [2.45, 2.75) is 31.7 Å². The first-order valence-corrected chi connectivity index (χ1v) is 12.6. The van der Waals surface area contributed by atoms with Crippen LogP contribution in [0.1, 0.15) is 23.1 Å². The van der Waals surface area contributed by atoms with Crippen molar-refractivity contribution >= 4 is 39.0 Å². The van der Waals surface area contributed by atoms with Crippen LogP contribution in [0.25, 0.3) is 0 Å². The summed E-state index contributed by atoms with van der Waals surface area (Å²) in [6.07, 6.45) is 0.831. The molecule has 4 rings (SSSR count). The van der Waals surface area contributed by atoms with Crippen molar-refractivity contribution in [1.29, 1.82) is 0 Å². The lowest BCUT2D eigenvalue weighted by molar-refractivity contribution is 0.192. The molecule has 172 valence electrons. The van der Waals surface area contributed by atoms with E-state index in [2.05, 4.69) is 36.8 Å². The molecule has 0 bridgehead atoms. The van der Waals surface area contributed by atoms with E-state index in [0.29, 0.717) is 36.0 Å². The standard InChI is InChI=1S/C25H26ClN3O3S/c1-18-13-19(2)15-20(14-18)17-28-11-4-12-29(25(28)30)23-6-3-5-22(16-23)27-33(31,32)24-9-7-21(26)8-10-24/h3,5-10,13-16,27H,4,11-12,17H2,1-2H3. The highest BCUT2D eigenvalue weighted by atomic mass is 35.5. The molecular formula is C25H26ClN3O3S. The molecule has 0 radical (unpaired) electrons. The first-order valence-electron chi connectivity index (χ1n) is 10.7. The molecule has 3 aromatic carbocycles. The molecule has 0 aromatic heterocycles. The molecule has 2 amide bonds. The summed E-state index contributed by atoms with van der Waals surface area (Å²) in [6.45, 7) is 5.91. The lowest BCUT2D eigenvalue weighted by Gasteiger charge is -2.36. The van der Waals surface area contributed by atoms with E-state index in [4.69, 9.17) is 11.6 Å². The highest BCUT2D eigenvalue weighted by molar-refractivity contribution is 7.92. The summed E-state index contributed by atoms with van der Waals surface area (Å²) in [5.74, 6) is 0. The normalized spacial score (nSPS) is 14.5. The SMILES string of the molecule is Cc1cc(C)cc(CN2CCCN(c3cccc(NS(=O)(=O)c4ccc(Cl)cc4)c3)C2=O)c1. The van der Waals surface area contributed by atoms with Gasteiger partial charge in [-0.25, -0.2) is 13.2 Å². The number of rotatable bonds is 6. The Hall–Kier alpha value is -3.03. The monoisotopic (exact) mass is 483 g/mol. The van der Waals surface area contributed by atoms with E-state index in [9.17, 15) is 13.2 Å². The third-order valence-corrected chi connectivity index (χ3v) is 7.15. The summed E-state index contributed by atoms with van der Waals surface area (Å²) >= 11 is 5.86. The highest BCUT2D eigenvalue weighted by Crippen LogP contribution is 2.26. The highest BCUT2D eigenvalue weighted by Gasteiger charge is 2.27. The summed E-state index contributed by atoms with van der Waals surface area (Å²) in [5, 5.41) is 0.463. The molecule has 1 saturated heterocycles. The summed E-state index contributed by atoms with van der Waals surface area (Å²) in [7, 11) is -3.77. The maximum absolute atomic E-state index is 13.3. The van der Waals surface area contributed by atoms with Gasteiger partial charge in [0.25, 0.3) is 10.0 Å². The second-order valence-electron chi connectivity index (χ2n) is 8.32. The van der Waals surface area contributed by atoms with Gasteiger partial charge in [-0.1, -0.05) is 47.0 Å². The van der Waals surface area contributed by atoms with Crippen molar-refractivity contribution in [3.8, 4) is 0 Å². The van der Waals surface area contributed by atoms with Gasteiger partial charge in [0.05, 0.1) is 10.6 Å². The van der Waals surface area contributed by atoms with Crippen molar-refractivity contribution < 1.29 is 13.2 Å². The van der Waals surface area contributed by atoms with Crippen LogP contribution in [-0.4, -0.2) is 32.4 Å². The van der Waals surface area contributed by atoms with Crippen LogP contribution in [-0.2, 0) is 16.6 Å². The predicted molar refractivity (Wildman–Crippen MR) is 132 cm³/mol. The lowest BCUT2D eigenvalue weighted by atomic mass is 10.1. The van der Waals surface area contributed by atoms with Crippen LogP contribution < -0.4 is 9.62 Å². The number of hydrogen-bond donors (Lipinski definition) is 1. The van der Waals surface area contributed by atoms with E-state index < -0.39 is 10.0 Å². The van der Waals surface area contributed by atoms with Gasteiger partial charge in [-0.15, -0.1) is 0 Å². The molecule has 33 heavy (non-hydrogen) atoms. The number of aryl methyl sites for hydroxylation is 2. The van der Waals surface area contributed by atoms with Gasteiger partial charge in [0.2, 0.25) is 0 Å². The molecule has 6 nitrogen and oxygen atoms in total. The number of carbonyl (C=O) groups excluding carboxylic acids is 1. The molecule has 8 heteroatoms. The number of nitrogens with zero attached hydrogens (tertiary/aromatic N) is 2. The van der Waals surface area contributed by atoms with Crippen LogP contribution in [0.2, 0.25) is 5.02 Å². The molecular weight excluding hydrogens is 458 g/mol. The molecule has 0 unspecified atom stereocenters. The van der Waals surface area contributed by atoms with Crippen molar-refractivity contribution in [2.75, 3.05) is 22.7 Å². The maximum atomic E-state index is 13.3. The first-order chi connectivity index (χ1) is 15.7. The van der Waals surface area contributed by atoms with E-state index in [1.807, 2.05) is 11.0 Å². The Morgan fingerprint density at radius 1 is 0.939 bits per heavy atom. The minimum absolute atomic E-state index is 0.0851. The number of halogens is 1. The third-order valence-electron chi connectivity index (χ3n) is 5.50. The van der Waals surface area contributed by atoms with Gasteiger partial charge in [0.1, 0.15) is 0 Å². The van der Waals surface area contributed by atoms with E-state index in [-0.39, 0.29) is 10.9 Å². The Kier molecular flexibility index (Phi) is 6.63. The van der Waals surface area contributed by atoms with Gasteiger partial charge in [0, 0.05) is 30.3 Å². The summed E-state index contributed by atoms with van der Waals surface area (Å²) in [6, 6.07) is 19.1. The Bertz CT molecular complexity index is 1260. The zero-order valence-electron chi connectivity index (χ0n) is 18.6. The molecule has 0 saturated carbocycles. The second-order valence-corrected chi connectivity index (χ2v) is 10.4. The minimum atomic E-state index is -3.77. The van der Waals surface area contributed by atoms with Gasteiger partial charge in [-0.05, 0) is 68.3 Å². The fourth-order valence-corrected chi connectivity index (χ4v) is 5.29. The Balaban J connectivity index is 1.52. The Morgan fingerprint density at radius 3 is 2.33 bits per heavy atom. The van der Waals surface area contributed by atoms with Gasteiger partial charge < -0.3 is 4.90 Å². The third kappa shape index (κ3) is 5.49. The van der Waals surface area contributed by atoms with Crippen molar-refractivity contribution in [2.24, 2.45) is 0 Å². The number of carbonyl (C=O) groups is 1. The van der Waals surface area contributed by atoms with E-state index >= 15 is 0 Å². The lowest BCUT2D eigenvalue weighted by Crippen LogP contribution is -2.49. The summed E-state index contributed by atoms with van der Waals surface area (Å²) in [5.41, 5.74) is 4.49. The van der Waals surface area contributed by atoms with Crippen LogP contribution in [0.15, 0.2) is 71.6 Å².